The van der Waals surface area contributed by atoms with Gasteiger partial charge in [-0.1, -0.05) is 6.92 Å². The fraction of sp³-hybridized carbons (Fsp3) is 0.706. The second kappa shape index (κ2) is 7.01. The molecule has 1 aromatic heterocycles. The molecule has 122 valence electrons. The van der Waals surface area contributed by atoms with Gasteiger partial charge in [-0.2, -0.15) is 0 Å². The normalized spacial score (nSPS) is 25.1. The number of thiophene rings is 1. The Morgan fingerprint density at radius 2 is 2.36 bits per heavy atom. The van der Waals surface area contributed by atoms with E-state index in [1.165, 1.54) is 24.8 Å². The van der Waals surface area contributed by atoms with Crippen LogP contribution in [0.5, 0.6) is 0 Å². The smallest absolute Gasteiger partial charge is 0.191 e. The van der Waals surface area contributed by atoms with E-state index in [1.54, 1.807) is 4.88 Å². The quantitative estimate of drug-likeness (QED) is 0.687. The minimum absolute atomic E-state index is 0.453. The standard InChI is InChI=1S/C17H28N4S/c1-13-4-3-7-21(11-13)17(18)19-10-14(2)20-8-5-16-15(12-20)6-9-22-16/h6,9,13-14H,3-5,7-8,10-12H2,1-2H3,(H2,18,19). The number of nitrogens with two attached hydrogens (primary N) is 1. The summed E-state index contributed by atoms with van der Waals surface area (Å²) in [5, 5.41) is 2.21. The molecular formula is C17H28N4S. The lowest BCUT2D eigenvalue weighted by Crippen LogP contribution is -2.44. The highest BCUT2D eigenvalue weighted by molar-refractivity contribution is 7.10. The van der Waals surface area contributed by atoms with Gasteiger partial charge in [-0.3, -0.25) is 9.89 Å². The van der Waals surface area contributed by atoms with Crippen LogP contribution in [0.25, 0.3) is 0 Å². The van der Waals surface area contributed by atoms with Crippen LogP contribution in [-0.2, 0) is 13.0 Å². The van der Waals surface area contributed by atoms with Crippen molar-refractivity contribution in [1.29, 1.82) is 0 Å². The lowest BCUT2D eigenvalue weighted by Gasteiger charge is -2.33. The van der Waals surface area contributed by atoms with Gasteiger partial charge in [-0.15, -0.1) is 11.3 Å². The van der Waals surface area contributed by atoms with Crippen LogP contribution in [-0.4, -0.2) is 48.0 Å². The van der Waals surface area contributed by atoms with Gasteiger partial charge in [0.05, 0.1) is 6.54 Å². The predicted octanol–water partition coefficient (Wildman–Crippen LogP) is 2.54. The first-order valence-electron chi connectivity index (χ1n) is 8.47. The highest BCUT2D eigenvalue weighted by Crippen LogP contribution is 2.25. The summed E-state index contributed by atoms with van der Waals surface area (Å²) < 4.78 is 0. The van der Waals surface area contributed by atoms with Crippen molar-refractivity contribution >= 4 is 17.3 Å². The number of rotatable bonds is 3. The molecule has 3 heterocycles. The summed E-state index contributed by atoms with van der Waals surface area (Å²) in [7, 11) is 0. The maximum absolute atomic E-state index is 6.21. The molecule has 2 atom stereocenters. The Morgan fingerprint density at radius 3 is 3.18 bits per heavy atom. The van der Waals surface area contributed by atoms with E-state index >= 15 is 0 Å². The zero-order valence-electron chi connectivity index (χ0n) is 13.8. The van der Waals surface area contributed by atoms with E-state index in [1.807, 2.05) is 11.3 Å². The first-order chi connectivity index (χ1) is 10.6. The van der Waals surface area contributed by atoms with Gasteiger partial charge < -0.3 is 10.6 Å². The van der Waals surface area contributed by atoms with Crippen LogP contribution < -0.4 is 5.73 Å². The van der Waals surface area contributed by atoms with Gasteiger partial charge in [0.2, 0.25) is 0 Å². The minimum Gasteiger partial charge on any atom is -0.370 e. The van der Waals surface area contributed by atoms with Crippen LogP contribution in [0.4, 0.5) is 0 Å². The maximum Gasteiger partial charge on any atom is 0.191 e. The van der Waals surface area contributed by atoms with Gasteiger partial charge in [-0.05, 0) is 49.1 Å². The molecule has 0 aliphatic carbocycles. The molecule has 3 rings (SSSR count). The fourth-order valence-corrected chi connectivity index (χ4v) is 4.37. The van der Waals surface area contributed by atoms with E-state index in [0.29, 0.717) is 6.04 Å². The van der Waals surface area contributed by atoms with Gasteiger partial charge in [0, 0.05) is 37.1 Å². The molecule has 1 saturated heterocycles. The van der Waals surface area contributed by atoms with Gasteiger partial charge in [0.1, 0.15) is 0 Å². The lowest BCUT2D eigenvalue weighted by atomic mass is 10.0. The topological polar surface area (TPSA) is 44.9 Å². The number of piperidine rings is 1. The molecule has 0 radical (unpaired) electrons. The molecule has 1 fully saturated rings. The van der Waals surface area contributed by atoms with Crippen LogP contribution in [0, 0.1) is 5.92 Å². The SMILES string of the molecule is CC1CCCN(C(N)=NCC(C)N2CCc3sccc3C2)C1. The Bertz CT molecular complexity index is 524. The molecule has 2 aliphatic heterocycles. The van der Waals surface area contributed by atoms with Gasteiger partial charge in [0.15, 0.2) is 5.96 Å². The molecule has 0 aromatic carbocycles. The summed E-state index contributed by atoms with van der Waals surface area (Å²) in [5.74, 6) is 1.48. The van der Waals surface area contributed by atoms with Crippen molar-refractivity contribution in [1.82, 2.24) is 9.80 Å². The number of hydrogen-bond acceptors (Lipinski definition) is 3. The van der Waals surface area contributed by atoms with Crippen molar-refractivity contribution in [3.63, 3.8) is 0 Å². The number of likely N-dealkylation sites (tertiary alicyclic amines) is 1. The molecule has 0 bridgehead atoms. The number of fused-ring (bicyclic) bond motifs is 1. The van der Waals surface area contributed by atoms with Crippen LogP contribution in [0.15, 0.2) is 16.4 Å². The Kier molecular flexibility index (Phi) is 5.03. The highest BCUT2D eigenvalue weighted by atomic mass is 32.1. The van der Waals surface area contributed by atoms with E-state index in [9.17, 15) is 0 Å². The Balaban J connectivity index is 1.53. The van der Waals surface area contributed by atoms with Crippen LogP contribution in [0.1, 0.15) is 37.1 Å². The number of hydrogen-bond donors (Lipinski definition) is 1. The molecule has 1 aromatic rings. The third-order valence-electron chi connectivity index (χ3n) is 4.96. The molecule has 4 nitrogen and oxygen atoms in total. The van der Waals surface area contributed by atoms with E-state index < -0.39 is 0 Å². The molecule has 22 heavy (non-hydrogen) atoms. The Hall–Kier alpha value is -1.07. The van der Waals surface area contributed by atoms with Gasteiger partial charge in [-0.25, -0.2) is 0 Å². The molecule has 0 spiro atoms. The van der Waals surface area contributed by atoms with Crippen molar-refractivity contribution in [2.45, 2.75) is 45.7 Å². The lowest BCUT2D eigenvalue weighted by molar-refractivity contribution is 0.196. The summed E-state index contributed by atoms with van der Waals surface area (Å²) in [4.78, 5) is 11.0. The van der Waals surface area contributed by atoms with E-state index in [0.717, 1.165) is 44.6 Å². The third-order valence-corrected chi connectivity index (χ3v) is 5.98. The maximum atomic E-state index is 6.21. The predicted molar refractivity (Wildman–Crippen MR) is 94.4 cm³/mol. The summed E-state index contributed by atoms with van der Waals surface area (Å²) in [6.07, 6.45) is 3.73. The van der Waals surface area contributed by atoms with Crippen molar-refractivity contribution in [3.8, 4) is 0 Å². The Morgan fingerprint density at radius 1 is 1.50 bits per heavy atom. The molecule has 0 saturated carbocycles. The molecule has 2 aliphatic rings. The van der Waals surface area contributed by atoms with Gasteiger partial charge in [0.25, 0.3) is 0 Å². The third kappa shape index (κ3) is 3.63. The number of nitrogens with zero attached hydrogens (tertiary/aromatic N) is 3. The summed E-state index contributed by atoms with van der Waals surface area (Å²) in [5.41, 5.74) is 7.71. The second-order valence-electron chi connectivity index (χ2n) is 6.83. The van der Waals surface area contributed by atoms with E-state index in [2.05, 4.69) is 40.1 Å². The van der Waals surface area contributed by atoms with E-state index in [4.69, 9.17) is 5.73 Å². The van der Waals surface area contributed by atoms with Crippen LogP contribution in [0.3, 0.4) is 0 Å². The molecule has 2 N–H and O–H groups in total. The number of guanidine groups is 1. The summed E-state index contributed by atoms with van der Waals surface area (Å²) >= 11 is 1.90. The van der Waals surface area contributed by atoms with Gasteiger partial charge >= 0.3 is 0 Å². The van der Waals surface area contributed by atoms with E-state index in [-0.39, 0.29) is 0 Å². The molecule has 0 amide bonds. The zero-order valence-corrected chi connectivity index (χ0v) is 14.6. The minimum atomic E-state index is 0.453. The number of aliphatic imine (C=N–C) groups is 1. The van der Waals surface area contributed by atoms with Crippen LogP contribution in [0.2, 0.25) is 0 Å². The molecule has 5 heteroatoms. The summed E-state index contributed by atoms with van der Waals surface area (Å²) in [6, 6.07) is 2.72. The summed E-state index contributed by atoms with van der Waals surface area (Å²) in [6.45, 7) is 9.71. The van der Waals surface area contributed by atoms with Crippen molar-refractivity contribution < 1.29 is 0 Å². The van der Waals surface area contributed by atoms with Crippen molar-refractivity contribution in [3.05, 3.63) is 21.9 Å². The van der Waals surface area contributed by atoms with Crippen LogP contribution >= 0.6 is 11.3 Å². The first-order valence-corrected chi connectivity index (χ1v) is 9.35. The monoisotopic (exact) mass is 320 g/mol. The molecule has 2 unspecified atom stereocenters. The zero-order chi connectivity index (χ0) is 15.5. The molecular weight excluding hydrogens is 292 g/mol. The average molecular weight is 321 g/mol. The van der Waals surface area contributed by atoms with Crippen molar-refractivity contribution in [2.24, 2.45) is 16.6 Å². The largest absolute Gasteiger partial charge is 0.370 e. The first kappa shape index (κ1) is 15.8. The second-order valence-corrected chi connectivity index (χ2v) is 7.83. The highest BCUT2D eigenvalue weighted by Gasteiger charge is 2.22. The Labute approximate surface area is 138 Å². The fourth-order valence-electron chi connectivity index (χ4n) is 3.49. The average Bonchev–Trinajstić information content (AvgIpc) is 2.99. The van der Waals surface area contributed by atoms with Crippen molar-refractivity contribution in [2.75, 3.05) is 26.2 Å².